The highest BCUT2D eigenvalue weighted by molar-refractivity contribution is 5.96. The van der Waals surface area contributed by atoms with E-state index in [0.717, 1.165) is 6.54 Å². The number of carboxylic acid groups (broad SMARTS) is 1. The molecule has 1 unspecified atom stereocenters. The largest absolute Gasteiger partial charge is 0.481 e. The number of nitrogens with zero attached hydrogens (tertiary/aromatic N) is 2. The molecule has 2 heterocycles. The number of hydrogen-bond acceptors (Lipinski definition) is 4. The summed E-state index contributed by atoms with van der Waals surface area (Å²) in [5.41, 5.74) is -0.0621. The minimum absolute atomic E-state index is 0.00413. The van der Waals surface area contributed by atoms with E-state index >= 15 is 0 Å². The molecule has 1 atom stereocenters. The molecule has 1 spiro atoms. The fourth-order valence-electron chi connectivity index (χ4n) is 4.39. The van der Waals surface area contributed by atoms with Gasteiger partial charge in [0.2, 0.25) is 5.91 Å². The van der Waals surface area contributed by atoms with E-state index in [2.05, 4.69) is 4.90 Å². The Morgan fingerprint density at radius 3 is 2.44 bits per heavy atom. The molecule has 0 bridgehead atoms. The molecule has 0 saturated carbocycles. The van der Waals surface area contributed by atoms with Crippen LogP contribution in [0.5, 0.6) is 0 Å². The number of ketones is 1. The van der Waals surface area contributed by atoms with E-state index in [4.69, 9.17) is 0 Å². The quantitative estimate of drug-likeness (QED) is 0.770. The minimum atomic E-state index is -0.897. The summed E-state index contributed by atoms with van der Waals surface area (Å²) in [5.74, 6) is -2.00. The first-order valence-corrected chi connectivity index (χ1v) is 9.34. The van der Waals surface area contributed by atoms with Crippen molar-refractivity contribution in [3.05, 3.63) is 35.6 Å². The second kappa shape index (κ2) is 7.76. The third kappa shape index (κ3) is 3.88. The average Bonchev–Trinajstić information content (AvgIpc) is 2.89. The third-order valence-corrected chi connectivity index (χ3v) is 6.13. The second-order valence-corrected chi connectivity index (χ2v) is 7.53. The van der Waals surface area contributed by atoms with E-state index in [1.807, 2.05) is 0 Å². The van der Waals surface area contributed by atoms with Crippen molar-refractivity contribution < 1.29 is 23.9 Å². The predicted molar refractivity (Wildman–Crippen MR) is 96.9 cm³/mol. The predicted octanol–water partition coefficient (Wildman–Crippen LogP) is 2.19. The highest BCUT2D eigenvalue weighted by atomic mass is 19.1. The first kappa shape index (κ1) is 19.5. The lowest BCUT2D eigenvalue weighted by Crippen LogP contribution is -2.56. The molecule has 1 N–H and O–H groups in total. The molecule has 2 saturated heterocycles. The van der Waals surface area contributed by atoms with E-state index in [-0.39, 0.29) is 23.9 Å². The number of Topliss-reactive ketones (excluding diaryl/α,β-unsaturated/α-hetero) is 1. The molecule has 146 valence electrons. The molecule has 6 nitrogen and oxygen atoms in total. The van der Waals surface area contributed by atoms with Crippen molar-refractivity contribution >= 4 is 17.7 Å². The van der Waals surface area contributed by atoms with Gasteiger partial charge in [-0.3, -0.25) is 14.4 Å². The second-order valence-electron chi connectivity index (χ2n) is 7.53. The monoisotopic (exact) mass is 376 g/mol. The molecule has 7 heteroatoms. The van der Waals surface area contributed by atoms with Gasteiger partial charge in [-0.25, -0.2) is 4.39 Å². The van der Waals surface area contributed by atoms with Crippen molar-refractivity contribution in [3.8, 4) is 0 Å². The summed E-state index contributed by atoms with van der Waals surface area (Å²) < 4.78 is 12.9. The summed E-state index contributed by atoms with van der Waals surface area (Å²) in [7, 11) is 1.71. The number of amides is 1. The Morgan fingerprint density at radius 2 is 1.85 bits per heavy atom. The number of rotatable bonds is 6. The van der Waals surface area contributed by atoms with Gasteiger partial charge in [-0.05, 0) is 50.1 Å². The van der Waals surface area contributed by atoms with Gasteiger partial charge in [0, 0.05) is 38.5 Å². The minimum Gasteiger partial charge on any atom is -0.481 e. The van der Waals surface area contributed by atoms with Gasteiger partial charge in [0.25, 0.3) is 0 Å². The zero-order valence-corrected chi connectivity index (χ0v) is 15.5. The molecule has 0 aliphatic carbocycles. The van der Waals surface area contributed by atoms with Crippen molar-refractivity contribution in [1.82, 2.24) is 9.80 Å². The lowest BCUT2D eigenvalue weighted by molar-refractivity contribution is -0.146. The number of halogens is 1. The van der Waals surface area contributed by atoms with E-state index in [1.54, 1.807) is 11.9 Å². The molecule has 1 aromatic carbocycles. The van der Waals surface area contributed by atoms with Crippen molar-refractivity contribution in [2.45, 2.75) is 37.6 Å². The Bertz CT molecular complexity index is 726. The number of carboxylic acids is 1. The van der Waals surface area contributed by atoms with Crippen LogP contribution in [-0.4, -0.2) is 64.8 Å². The van der Waals surface area contributed by atoms with Gasteiger partial charge in [-0.1, -0.05) is 0 Å². The van der Waals surface area contributed by atoms with Crippen LogP contribution in [0, 0.1) is 11.7 Å². The Kier molecular flexibility index (Phi) is 5.60. The molecule has 0 aromatic heterocycles. The van der Waals surface area contributed by atoms with Crippen LogP contribution in [0.15, 0.2) is 24.3 Å². The van der Waals surface area contributed by atoms with Crippen molar-refractivity contribution in [2.75, 3.05) is 26.7 Å². The first-order valence-electron chi connectivity index (χ1n) is 9.34. The molecule has 1 amide bonds. The Morgan fingerprint density at radius 1 is 1.22 bits per heavy atom. The van der Waals surface area contributed by atoms with Crippen LogP contribution in [0.3, 0.4) is 0 Å². The van der Waals surface area contributed by atoms with Gasteiger partial charge in [-0.15, -0.1) is 0 Å². The molecular weight excluding hydrogens is 351 g/mol. The van der Waals surface area contributed by atoms with Crippen LogP contribution >= 0.6 is 0 Å². The van der Waals surface area contributed by atoms with Crippen LogP contribution in [-0.2, 0) is 9.59 Å². The third-order valence-electron chi connectivity index (χ3n) is 6.13. The van der Waals surface area contributed by atoms with Gasteiger partial charge in [0.15, 0.2) is 5.78 Å². The van der Waals surface area contributed by atoms with Gasteiger partial charge in [0.1, 0.15) is 5.82 Å². The maximum Gasteiger partial charge on any atom is 0.309 e. The van der Waals surface area contributed by atoms with Crippen LogP contribution in [0.25, 0.3) is 0 Å². The zero-order valence-electron chi connectivity index (χ0n) is 15.5. The Hall–Kier alpha value is -2.28. The summed E-state index contributed by atoms with van der Waals surface area (Å²) in [4.78, 5) is 39.6. The van der Waals surface area contributed by atoms with Crippen LogP contribution in [0.1, 0.15) is 42.5 Å². The number of carbonyl (C=O) groups excluding carboxylic acids is 2. The summed E-state index contributed by atoms with van der Waals surface area (Å²) in [6, 6.07) is 5.58. The van der Waals surface area contributed by atoms with Crippen LogP contribution in [0.2, 0.25) is 0 Å². The normalized spacial score (nSPS) is 22.4. The number of piperidine rings is 1. The molecule has 3 rings (SSSR count). The molecule has 1 aromatic rings. The fraction of sp³-hybridized carbons (Fsp3) is 0.550. The van der Waals surface area contributed by atoms with Gasteiger partial charge in [-0.2, -0.15) is 0 Å². The van der Waals surface area contributed by atoms with E-state index in [9.17, 15) is 23.9 Å². The summed E-state index contributed by atoms with van der Waals surface area (Å²) in [5, 5.41) is 9.51. The number of likely N-dealkylation sites (tertiary alicyclic amines) is 2. The number of carbonyl (C=O) groups is 3. The first-order chi connectivity index (χ1) is 12.8. The zero-order chi connectivity index (χ0) is 19.6. The Balaban J connectivity index is 1.49. The highest BCUT2D eigenvalue weighted by Crippen LogP contribution is 2.42. The summed E-state index contributed by atoms with van der Waals surface area (Å²) in [6.45, 7) is 2.18. The van der Waals surface area contributed by atoms with E-state index in [0.29, 0.717) is 44.3 Å². The molecule has 2 fully saturated rings. The maximum absolute atomic E-state index is 12.9. The standard InChI is InChI=1S/C20H25FN2O4/c1-22-18(25)13-16(19(26)27)20(22)8-11-23(12-9-20)10-2-3-17(24)14-4-6-15(21)7-5-14/h4-7,16H,2-3,8-13H2,1H3,(H,26,27). The molecule has 0 radical (unpaired) electrons. The highest BCUT2D eigenvalue weighted by Gasteiger charge is 2.55. The fourth-order valence-corrected chi connectivity index (χ4v) is 4.39. The number of hydrogen-bond donors (Lipinski definition) is 1. The van der Waals surface area contributed by atoms with Gasteiger partial charge < -0.3 is 14.9 Å². The molecule has 2 aliphatic heterocycles. The Labute approximate surface area is 157 Å². The SMILES string of the molecule is CN1C(=O)CC(C(=O)O)C12CCN(CCCC(=O)c1ccc(F)cc1)CC2. The number of aliphatic carboxylic acids is 1. The van der Waals surface area contributed by atoms with E-state index in [1.165, 1.54) is 24.3 Å². The summed E-state index contributed by atoms with van der Waals surface area (Å²) >= 11 is 0. The van der Waals surface area contributed by atoms with Crippen molar-refractivity contribution in [2.24, 2.45) is 5.92 Å². The van der Waals surface area contributed by atoms with Crippen LogP contribution < -0.4 is 0 Å². The maximum atomic E-state index is 12.9. The van der Waals surface area contributed by atoms with Crippen molar-refractivity contribution in [3.63, 3.8) is 0 Å². The summed E-state index contributed by atoms with van der Waals surface area (Å²) in [6.07, 6.45) is 2.44. The van der Waals surface area contributed by atoms with Gasteiger partial charge >= 0.3 is 5.97 Å². The molecule has 27 heavy (non-hydrogen) atoms. The van der Waals surface area contributed by atoms with Crippen molar-refractivity contribution in [1.29, 1.82) is 0 Å². The topological polar surface area (TPSA) is 77.9 Å². The van der Waals surface area contributed by atoms with Gasteiger partial charge in [0.05, 0.1) is 11.5 Å². The lowest BCUT2D eigenvalue weighted by atomic mass is 9.77. The number of benzene rings is 1. The molecular formula is C20H25FN2O4. The smallest absolute Gasteiger partial charge is 0.309 e. The van der Waals surface area contributed by atoms with E-state index < -0.39 is 17.4 Å². The lowest BCUT2D eigenvalue weighted by Gasteiger charge is -2.45. The molecule has 2 aliphatic rings. The average molecular weight is 376 g/mol. The van der Waals surface area contributed by atoms with Crippen LogP contribution in [0.4, 0.5) is 4.39 Å².